The SMILES string of the molecule is [CH2-][NH+]1CCC2NCC(=O)C21. The third-order valence-electron chi connectivity index (χ3n) is 2.50. The van der Waals surface area contributed by atoms with Crippen LogP contribution in [0.4, 0.5) is 0 Å². The van der Waals surface area contributed by atoms with E-state index in [9.17, 15) is 4.79 Å². The molecule has 2 aliphatic heterocycles. The van der Waals surface area contributed by atoms with Crippen LogP contribution in [0.3, 0.4) is 0 Å². The number of hydrogen-bond donors (Lipinski definition) is 2. The lowest BCUT2D eigenvalue weighted by Gasteiger charge is -2.19. The van der Waals surface area contributed by atoms with Crippen LogP contribution in [0.15, 0.2) is 0 Å². The summed E-state index contributed by atoms with van der Waals surface area (Å²) in [7, 11) is 3.89. The molecule has 0 aliphatic carbocycles. The molecule has 3 atom stereocenters. The number of quaternary nitrogens is 1. The van der Waals surface area contributed by atoms with Gasteiger partial charge in [-0.05, 0) is 0 Å². The lowest BCUT2D eigenvalue weighted by molar-refractivity contribution is -0.856. The molecule has 10 heavy (non-hydrogen) atoms. The van der Waals surface area contributed by atoms with E-state index in [4.69, 9.17) is 0 Å². The molecule has 3 heteroatoms. The highest BCUT2D eigenvalue weighted by Crippen LogP contribution is 2.08. The summed E-state index contributed by atoms with van der Waals surface area (Å²) in [5.41, 5.74) is 0. The number of carbonyl (C=O) groups excluding carboxylic acids is 1. The maximum absolute atomic E-state index is 11.1. The summed E-state index contributed by atoms with van der Waals surface area (Å²) >= 11 is 0. The summed E-state index contributed by atoms with van der Waals surface area (Å²) in [6, 6.07) is 0.597. The van der Waals surface area contributed by atoms with Gasteiger partial charge in [0, 0.05) is 6.42 Å². The number of ketones is 1. The normalized spacial score (nSPS) is 46.1. The van der Waals surface area contributed by atoms with Crippen LogP contribution in [0.1, 0.15) is 6.42 Å². The molecular formula is C7H12N2O. The Morgan fingerprint density at radius 1 is 1.70 bits per heavy atom. The summed E-state index contributed by atoms with van der Waals surface area (Å²) in [6.45, 7) is 1.60. The molecule has 0 bridgehead atoms. The average molecular weight is 140 g/mol. The molecule has 0 spiro atoms. The molecular weight excluding hydrogens is 128 g/mol. The van der Waals surface area contributed by atoms with E-state index in [2.05, 4.69) is 12.4 Å². The highest BCUT2D eigenvalue weighted by Gasteiger charge is 2.42. The fourth-order valence-corrected chi connectivity index (χ4v) is 1.96. The monoisotopic (exact) mass is 140 g/mol. The summed E-state index contributed by atoms with van der Waals surface area (Å²) in [4.78, 5) is 12.3. The number of hydrogen-bond acceptors (Lipinski definition) is 2. The van der Waals surface area contributed by atoms with Crippen molar-refractivity contribution >= 4 is 5.78 Å². The van der Waals surface area contributed by atoms with E-state index in [0.717, 1.165) is 17.9 Å². The predicted octanol–water partition coefficient (Wildman–Crippen LogP) is -2.02. The molecule has 2 heterocycles. The first-order chi connectivity index (χ1) is 4.79. The Labute approximate surface area is 60.4 Å². The molecule has 0 aromatic heterocycles. The van der Waals surface area contributed by atoms with Gasteiger partial charge in [0.05, 0.1) is 19.1 Å². The van der Waals surface area contributed by atoms with Crippen LogP contribution in [0, 0.1) is 7.05 Å². The molecule has 56 valence electrons. The second kappa shape index (κ2) is 2.04. The number of fused-ring (bicyclic) bond motifs is 1. The molecule has 2 N–H and O–H groups in total. The quantitative estimate of drug-likeness (QED) is 0.381. The molecule has 2 aliphatic rings. The van der Waals surface area contributed by atoms with Gasteiger partial charge >= 0.3 is 0 Å². The van der Waals surface area contributed by atoms with Gasteiger partial charge in [-0.15, -0.1) is 0 Å². The van der Waals surface area contributed by atoms with Crippen molar-refractivity contribution in [2.45, 2.75) is 18.5 Å². The number of carbonyl (C=O) groups is 1. The molecule has 0 aromatic carbocycles. The van der Waals surface area contributed by atoms with Crippen molar-refractivity contribution in [3.8, 4) is 0 Å². The third kappa shape index (κ3) is 0.707. The topological polar surface area (TPSA) is 33.5 Å². The zero-order valence-electron chi connectivity index (χ0n) is 5.89. The summed E-state index contributed by atoms with van der Waals surface area (Å²) in [5, 5.41) is 3.19. The Hall–Kier alpha value is -0.410. The van der Waals surface area contributed by atoms with E-state index in [0.29, 0.717) is 18.4 Å². The van der Waals surface area contributed by atoms with Gasteiger partial charge in [-0.25, -0.2) is 0 Å². The smallest absolute Gasteiger partial charge is 0.202 e. The molecule has 3 unspecified atom stereocenters. The van der Waals surface area contributed by atoms with E-state index in [1.165, 1.54) is 0 Å². The van der Waals surface area contributed by atoms with Gasteiger partial charge in [-0.3, -0.25) is 4.79 Å². The van der Waals surface area contributed by atoms with Crippen LogP contribution in [-0.4, -0.2) is 31.0 Å². The zero-order chi connectivity index (χ0) is 7.14. The van der Waals surface area contributed by atoms with Crippen molar-refractivity contribution in [2.24, 2.45) is 0 Å². The largest absolute Gasteiger partial charge is 0.458 e. The van der Waals surface area contributed by atoms with E-state index in [1.54, 1.807) is 0 Å². The van der Waals surface area contributed by atoms with Crippen LogP contribution >= 0.6 is 0 Å². The van der Waals surface area contributed by atoms with Gasteiger partial charge in [0.1, 0.15) is 6.04 Å². The van der Waals surface area contributed by atoms with Crippen molar-refractivity contribution in [3.05, 3.63) is 7.05 Å². The van der Waals surface area contributed by atoms with Crippen molar-refractivity contribution < 1.29 is 9.69 Å². The molecule has 0 radical (unpaired) electrons. The number of Topliss-reactive ketones (excluding diaryl/α,β-unsaturated/α-hetero) is 1. The van der Waals surface area contributed by atoms with Gasteiger partial charge in [-0.1, -0.05) is 0 Å². The standard InChI is InChI=1S/C7H12N2O/c1-9-3-2-5-7(9)6(10)4-8-5/h5,7-9H,1-4H2. The van der Waals surface area contributed by atoms with Gasteiger partial charge in [-0.2, -0.15) is 7.05 Å². The fourth-order valence-electron chi connectivity index (χ4n) is 1.96. The Morgan fingerprint density at radius 3 is 3.20 bits per heavy atom. The predicted molar refractivity (Wildman–Crippen MR) is 36.4 cm³/mol. The lowest BCUT2D eigenvalue weighted by Crippen LogP contribution is -3.10. The van der Waals surface area contributed by atoms with Crippen LogP contribution in [-0.2, 0) is 4.79 Å². The van der Waals surface area contributed by atoms with E-state index < -0.39 is 0 Å². The van der Waals surface area contributed by atoms with Crippen LogP contribution in [0.25, 0.3) is 0 Å². The third-order valence-corrected chi connectivity index (χ3v) is 2.50. The minimum absolute atomic E-state index is 0.167. The molecule has 3 nitrogen and oxygen atoms in total. The van der Waals surface area contributed by atoms with E-state index in [-0.39, 0.29) is 6.04 Å². The average Bonchev–Trinajstić information content (AvgIpc) is 2.40. The van der Waals surface area contributed by atoms with Crippen LogP contribution in [0.5, 0.6) is 0 Å². The minimum Gasteiger partial charge on any atom is -0.458 e. The Morgan fingerprint density at radius 2 is 2.50 bits per heavy atom. The first-order valence-corrected chi connectivity index (χ1v) is 3.73. The molecule has 0 aromatic rings. The number of rotatable bonds is 0. The highest BCUT2D eigenvalue weighted by molar-refractivity contribution is 5.87. The van der Waals surface area contributed by atoms with E-state index in [1.807, 2.05) is 0 Å². The van der Waals surface area contributed by atoms with Crippen molar-refractivity contribution in [3.63, 3.8) is 0 Å². The first-order valence-electron chi connectivity index (χ1n) is 3.73. The van der Waals surface area contributed by atoms with E-state index >= 15 is 0 Å². The molecule has 0 amide bonds. The molecule has 2 fully saturated rings. The lowest BCUT2D eigenvalue weighted by atomic mass is 10.1. The van der Waals surface area contributed by atoms with Crippen molar-refractivity contribution in [1.82, 2.24) is 5.32 Å². The summed E-state index contributed by atoms with van der Waals surface area (Å²) in [6.07, 6.45) is 1.11. The highest BCUT2D eigenvalue weighted by atomic mass is 16.1. The van der Waals surface area contributed by atoms with Gasteiger partial charge in [0.2, 0.25) is 5.78 Å². The van der Waals surface area contributed by atoms with Crippen molar-refractivity contribution in [2.75, 3.05) is 13.1 Å². The zero-order valence-corrected chi connectivity index (χ0v) is 5.89. The maximum Gasteiger partial charge on any atom is 0.202 e. The van der Waals surface area contributed by atoms with Gasteiger partial charge < -0.3 is 10.2 Å². The second-order valence-electron chi connectivity index (χ2n) is 3.13. The number of nitrogens with one attached hydrogen (secondary N) is 2. The minimum atomic E-state index is 0.167. The Balaban J connectivity index is 2.19. The molecule has 2 saturated heterocycles. The van der Waals surface area contributed by atoms with Crippen LogP contribution in [0.2, 0.25) is 0 Å². The van der Waals surface area contributed by atoms with Gasteiger partial charge in [0.25, 0.3) is 0 Å². The molecule has 0 saturated carbocycles. The summed E-state index contributed by atoms with van der Waals surface area (Å²) in [5.74, 6) is 0.340. The first kappa shape index (κ1) is 6.31. The maximum atomic E-state index is 11.1. The van der Waals surface area contributed by atoms with Gasteiger partial charge in [0.15, 0.2) is 0 Å². The Bertz CT molecular complexity index is 169. The number of likely N-dealkylation sites (tertiary alicyclic amines) is 1. The Kier molecular flexibility index (Phi) is 1.28. The van der Waals surface area contributed by atoms with Crippen LogP contribution < -0.4 is 10.2 Å². The fraction of sp³-hybridized carbons (Fsp3) is 0.714. The van der Waals surface area contributed by atoms with Crippen molar-refractivity contribution in [1.29, 1.82) is 0 Å². The summed E-state index contributed by atoms with van der Waals surface area (Å²) < 4.78 is 0. The molecule has 2 rings (SSSR count). The second-order valence-corrected chi connectivity index (χ2v) is 3.13.